The number of hydrogen-bond donors (Lipinski definition) is 1. The van der Waals surface area contributed by atoms with E-state index in [4.69, 9.17) is 14.2 Å². The van der Waals surface area contributed by atoms with E-state index in [2.05, 4.69) is 5.32 Å². The summed E-state index contributed by atoms with van der Waals surface area (Å²) in [7, 11) is 1.54. The molecule has 0 spiro atoms. The molecule has 1 aliphatic heterocycles. The first kappa shape index (κ1) is 24.3. The minimum Gasteiger partial charge on any atom is -0.496 e. The number of hydrogen-bond acceptors (Lipinski definition) is 6. The third-order valence-corrected chi connectivity index (χ3v) is 5.02. The zero-order valence-electron chi connectivity index (χ0n) is 19.9. The van der Waals surface area contributed by atoms with Crippen LogP contribution in [0.25, 0.3) is 5.57 Å². The molecule has 0 bridgehead atoms. The maximum absolute atomic E-state index is 13.4. The summed E-state index contributed by atoms with van der Waals surface area (Å²) in [6.07, 6.45) is 0.715. The number of benzene rings is 2. The van der Waals surface area contributed by atoms with E-state index >= 15 is 0 Å². The Hall–Kier alpha value is -3.32. The molecule has 0 atom stereocenters. The summed E-state index contributed by atoms with van der Waals surface area (Å²) in [5.41, 5.74) is 1.78. The summed E-state index contributed by atoms with van der Waals surface area (Å²) >= 11 is 0. The molecule has 1 N–H and O–H groups in total. The normalized spacial score (nSPS) is 14.0. The van der Waals surface area contributed by atoms with E-state index in [-0.39, 0.29) is 36.3 Å². The number of anilines is 1. The van der Waals surface area contributed by atoms with E-state index in [1.807, 2.05) is 64.1 Å². The van der Waals surface area contributed by atoms with Gasteiger partial charge in [-0.25, -0.2) is 0 Å². The van der Waals surface area contributed by atoms with Gasteiger partial charge >= 0.3 is 0 Å². The number of para-hydroxylation sites is 1. The first-order valence-electron chi connectivity index (χ1n) is 11.2. The van der Waals surface area contributed by atoms with Crippen LogP contribution in [0.4, 0.5) is 5.69 Å². The summed E-state index contributed by atoms with van der Waals surface area (Å²) in [6.45, 7) is 8.56. The zero-order chi connectivity index (χ0) is 24.0. The second kappa shape index (κ2) is 11.0. The first-order valence-corrected chi connectivity index (χ1v) is 11.2. The fourth-order valence-electron chi connectivity index (χ4n) is 3.57. The van der Waals surface area contributed by atoms with Gasteiger partial charge in [-0.1, -0.05) is 18.2 Å². The number of carbonyl (C=O) groups is 2. The highest BCUT2D eigenvalue weighted by Crippen LogP contribution is 2.35. The van der Waals surface area contributed by atoms with Crippen molar-refractivity contribution in [2.75, 3.05) is 25.6 Å². The monoisotopic (exact) mass is 452 g/mol. The van der Waals surface area contributed by atoms with E-state index < -0.39 is 0 Å². The summed E-state index contributed by atoms with van der Waals surface area (Å²) in [4.78, 5) is 28.0. The Morgan fingerprint density at radius 1 is 0.909 bits per heavy atom. The first-order chi connectivity index (χ1) is 15.8. The highest BCUT2D eigenvalue weighted by Gasteiger charge is 2.39. The van der Waals surface area contributed by atoms with E-state index in [0.29, 0.717) is 35.6 Å². The van der Waals surface area contributed by atoms with Crippen molar-refractivity contribution in [3.63, 3.8) is 0 Å². The molecular weight excluding hydrogens is 420 g/mol. The Morgan fingerprint density at radius 3 is 2.24 bits per heavy atom. The fourth-order valence-corrected chi connectivity index (χ4v) is 3.57. The van der Waals surface area contributed by atoms with Crippen LogP contribution >= 0.6 is 0 Å². The number of amides is 2. The number of imide groups is 1. The van der Waals surface area contributed by atoms with Gasteiger partial charge in [-0.3, -0.25) is 14.5 Å². The Kier molecular flexibility index (Phi) is 8.11. The van der Waals surface area contributed by atoms with Crippen LogP contribution in [0.5, 0.6) is 11.5 Å². The molecule has 1 aliphatic rings. The maximum atomic E-state index is 13.4. The third-order valence-electron chi connectivity index (χ3n) is 5.02. The van der Waals surface area contributed by atoms with Crippen molar-refractivity contribution in [1.82, 2.24) is 4.90 Å². The van der Waals surface area contributed by atoms with Crippen LogP contribution in [-0.4, -0.2) is 49.2 Å². The summed E-state index contributed by atoms with van der Waals surface area (Å²) < 4.78 is 16.7. The quantitative estimate of drug-likeness (QED) is 0.400. The number of ether oxygens (including phenoxy) is 3. The maximum Gasteiger partial charge on any atom is 0.278 e. The molecular formula is C26H32N2O5. The van der Waals surface area contributed by atoms with Gasteiger partial charge in [0.25, 0.3) is 11.8 Å². The molecule has 7 nitrogen and oxygen atoms in total. The Morgan fingerprint density at radius 2 is 1.61 bits per heavy atom. The number of rotatable bonds is 11. The second-order valence-corrected chi connectivity index (χ2v) is 8.30. The number of carbonyl (C=O) groups excluding carboxylic acids is 2. The molecule has 33 heavy (non-hydrogen) atoms. The van der Waals surface area contributed by atoms with Crippen LogP contribution < -0.4 is 14.8 Å². The van der Waals surface area contributed by atoms with Crippen molar-refractivity contribution in [1.29, 1.82) is 0 Å². The van der Waals surface area contributed by atoms with Crippen molar-refractivity contribution in [3.05, 3.63) is 59.8 Å². The molecule has 2 aromatic carbocycles. The van der Waals surface area contributed by atoms with Gasteiger partial charge in [-0.2, -0.15) is 0 Å². The number of nitrogens with one attached hydrogen (secondary N) is 1. The molecule has 0 saturated heterocycles. The van der Waals surface area contributed by atoms with Gasteiger partial charge in [0.2, 0.25) is 0 Å². The topological polar surface area (TPSA) is 77.1 Å². The van der Waals surface area contributed by atoms with Crippen LogP contribution in [-0.2, 0) is 14.3 Å². The molecule has 2 amide bonds. The lowest BCUT2D eigenvalue weighted by Gasteiger charge is -2.16. The largest absolute Gasteiger partial charge is 0.496 e. The van der Waals surface area contributed by atoms with Gasteiger partial charge < -0.3 is 19.5 Å². The number of nitrogens with zero attached hydrogens (tertiary/aromatic N) is 1. The van der Waals surface area contributed by atoms with Crippen molar-refractivity contribution in [3.8, 4) is 11.5 Å². The minimum absolute atomic E-state index is 0.0610. The fraction of sp³-hybridized carbons (Fsp3) is 0.385. The van der Waals surface area contributed by atoms with Gasteiger partial charge in [0.15, 0.2) is 0 Å². The van der Waals surface area contributed by atoms with Gasteiger partial charge in [0.1, 0.15) is 17.2 Å². The molecule has 2 aromatic rings. The lowest BCUT2D eigenvalue weighted by Crippen LogP contribution is -2.34. The minimum atomic E-state index is -0.368. The molecule has 3 rings (SSSR count). The van der Waals surface area contributed by atoms with E-state index in [1.54, 1.807) is 19.2 Å². The highest BCUT2D eigenvalue weighted by atomic mass is 16.5. The Balaban J connectivity index is 1.91. The van der Waals surface area contributed by atoms with Crippen LogP contribution in [0.1, 0.15) is 39.7 Å². The molecule has 0 aliphatic carbocycles. The van der Waals surface area contributed by atoms with E-state index in [9.17, 15) is 9.59 Å². The smallest absolute Gasteiger partial charge is 0.278 e. The van der Waals surface area contributed by atoms with Crippen LogP contribution in [0, 0.1) is 0 Å². The van der Waals surface area contributed by atoms with Crippen molar-refractivity contribution >= 4 is 23.1 Å². The predicted molar refractivity (Wildman–Crippen MR) is 128 cm³/mol. The van der Waals surface area contributed by atoms with Crippen molar-refractivity contribution in [2.45, 2.75) is 46.3 Å². The Bertz CT molecular complexity index is 1010. The second-order valence-electron chi connectivity index (χ2n) is 8.30. The average molecular weight is 453 g/mol. The molecule has 0 unspecified atom stereocenters. The lowest BCUT2D eigenvalue weighted by atomic mass is 10.0. The number of methoxy groups -OCH3 is 1. The zero-order valence-corrected chi connectivity index (χ0v) is 19.9. The molecule has 0 radical (unpaired) electrons. The predicted octanol–water partition coefficient (Wildman–Crippen LogP) is 4.49. The van der Waals surface area contributed by atoms with Crippen LogP contribution in [0.3, 0.4) is 0 Å². The molecule has 7 heteroatoms. The van der Waals surface area contributed by atoms with Gasteiger partial charge in [0, 0.05) is 24.4 Å². The summed E-state index contributed by atoms with van der Waals surface area (Å²) in [5, 5.41) is 3.17. The third kappa shape index (κ3) is 5.93. The van der Waals surface area contributed by atoms with Crippen molar-refractivity contribution < 1.29 is 23.8 Å². The molecule has 0 aromatic heterocycles. The van der Waals surface area contributed by atoms with Crippen LogP contribution in [0.2, 0.25) is 0 Å². The van der Waals surface area contributed by atoms with E-state index in [0.717, 1.165) is 5.75 Å². The van der Waals surface area contributed by atoms with Gasteiger partial charge in [0.05, 0.1) is 24.9 Å². The molecule has 0 saturated carbocycles. The lowest BCUT2D eigenvalue weighted by molar-refractivity contribution is -0.137. The standard InChI is InChI=1S/C26H32N2O5/c1-17(2)32-16-8-15-28-25(29)23(21-9-6-7-10-22(21)31-5)24(26(28)30)27-19-11-13-20(14-12-19)33-18(3)4/h6-7,9-14,17-18,27H,8,15-16H2,1-5H3. The molecule has 1 heterocycles. The van der Waals surface area contributed by atoms with Gasteiger partial charge in [-0.15, -0.1) is 0 Å². The summed E-state index contributed by atoms with van der Waals surface area (Å²) in [5.74, 6) is 0.540. The van der Waals surface area contributed by atoms with Crippen molar-refractivity contribution in [2.24, 2.45) is 0 Å². The SMILES string of the molecule is COc1ccccc1C1=C(Nc2ccc(OC(C)C)cc2)C(=O)N(CCCOC(C)C)C1=O. The van der Waals surface area contributed by atoms with E-state index in [1.165, 1.54) is 4.90 Å². The van der Waals surface area contributed by atoms with Crippen LogP contribution in [0.15, 0.2) is 54.2 Å². The average Bonchev–Trinajstić information content (AvgIpc) is 3.01. The highest BCUT2D eigenvalue weighted by molar-refractivity contribution is 6.37. The Labute approximate surface area is 195 Å². The summed E-state index contributed by atoms with van der Waals surface area (Å²) in [6, 6.07) is 14.5. The molecule has 176 valence electrons. The van der Waals surface area contributed by atoms with Gasteiger partial charge in [-0.05, 0) is 64.4 Å². The molecule has 0 fully saturated rings.